The molecular weight excluding hydrogens is 329 g/mol. The van der Waals surface area contributed by atoms with Gasteiger partial charge in [-0.3, -0.25) is 4.90 Å². The minimum absolute atomic E-state index is 0.260. The maximum absolute atomic E-state index is 13.2. The van der Waals surface area contributed by atoms with Crippen molar-refractivity contribution in [2.75, 3.05) is 0 Å². The molecule has 3 heterocycles. The molecule has 2 aromatic carbocycles. The average molecular weight is 351 g/mol. The molecule has 0 radical (unpaired) electrons. The Morgan fingerprint density at radius 3 is 2.46 bits per heavy atom. The normalized spacial score (nSPS) is 28.7. The van der Waals surface area contributed by atoms with Gasteiger partial charge in [0.15, 0.2) is 0 Å². The van der Waals surface area contributed by atoms with E-state index in [2.05, 4.69) is 11.0 Å². The van der Waals surface area contributed by atoms with Gasteiger partial charge in [-0.25, -0.2) is 4.39 Å². The van der Waals surface area contributed by atoms with Gasteiger partial charge in [-0.1, -0.05) is 30.3 Å². The first-order chi connectivity index (χ1) is 12.6. The molecule has 0 amide bonds. The molecule has 2 saturated heterocycles. The quantitative estimate of drug-likeness (QED) is 0.750. The van der Waals surface area contributed by atoms with Gasteiger partial charge in [0.05, 0.1) is 11.9 Å². The molecule has 3 aromatic rings. The molecule has 134 valence electrons. The molecule has 0 aliphatic carbocycles. The zero-order valence-corrected chi connectivity index (χ0v) is 14.6. The van der Waals surface area contributed by atoms with E-state index in [1.165, 1.54) is 23.1 Å². The molecule has 0 spiro atoms. The van der Waals surface area contributed by atoms with Crippen molar-refractivity contribution in [2.45, 2.75) is 49.9 Å². The Kier molecular flexibility index (Phi) is 3.66. The highest BCUT2D eigenvalue weighted by molar-refractivity contribution is 5.80. The first-order valence-corrected chi connectivity index (χ1v) is 9.32. The highest BCUT2D eigenvalue weighted by Crippen LogP contribution is 2.46. The van der Waals surface area contributed by atoms with Crippen LogP contribution in [0, 0.1) is 5.82 Å². The lowest BCUT2D eigenvalue weighted by atomic mass is 9.80. The Hall–Kier alpha value is -2.17. The van der Waals surface area contributed by atoms with Crippen LogP contribution in [-0.4, -0.2) is 22.1 Å². The SMILES string of the molecule is OC1(c2ccc(F)cc2)C[C@H]2CC[C@@H](C1)N2Cc1coc2ccccc12. The molecule has 3 atom stereocenters. The smallest absolute Gasteiger partial charge is 0.134 e. The molecule has 1 N–H and O–H groups in total. The topological polar surface area (TPSA) is 36.6 Å². The van der Waals surface area contributed by atoms with Crippen LogP contribution in [0.2, 0.25) is 0 Å². The van der Waals surface area contributed by atoms with Gasteiger partial charge in [-0.2, -0.15) is 0 Å². The van der Waals surface area contributed by atoms with Gasteiger partial charge < -0.3 is 9.52 Å². The Labute approximate surface area is 152 Å². The Bertz CT molecular complexity index is 919. The van der Waals surface area contributed by atoms with Crippen molar-refractivity contribution in [1.82, 2.24) is 4.90 Å². The minimum Gasteiger partial charge on any atom is -0.464 e. The lowest BCUT2D eigenvalue weighted by molar-refractivity contribution is -0.0594. The van der Waals surface area contributed by atoms with E-state index in [9.17, 15) is 9.50 Å². The fourth-order valence-corrected chi connectivity index (χ4v) is 4.92. The molecule has 4 heteroatoms. The molecule has 2 aliphatic heterocycles. The van der Waals surface area contributed by atoms with Crippen LogP contribution in [0.25, 0.3) is 11.0 Å². The Morgan fingerprint density at radius 2 is 1.73 bits per heavy atom. The standard InChI is InChI=1S/C22H22FNO2/c23-17-7-5-16(6-8-17)22(25)11-18-9-10-19(12-22)24(18)13-15-14-26-21-4-2-1-3-20(15)21/h1-8,14,18-19,25H,9-13H2/t18-,19+,22?. The van der Waals surface area contributed by atoms with E-state index in [0.717, 1.165) is 30.5 Å². The number of hydrogen-bond donors (Lipinski definition) is 1. The van der Waals surface area contributed by atoms with Crippen LogP contribution in [0.3, 0.4) is 0 Å². The van der Waals surface area contributed by atoms with Gasteiger partial charge >= 0.3 is 0 Å². The summed E-state index contributed by atoms with van der Waals surface area (Å²) >= 11 is 0. The van der Waals surface area contributed by atoms with Gasteiger partial charge in [-0.15, -0.1) is 0 Å². The first-order valence-electron chi connectivity index (χ1n) is 9.32. The summed E-state index contributed by atoms with van der Waals surface area (Å²) in [4.78, 5) is 2.52. The zero-order chi connectivity index (χ0) is 17.7. The molecule has 2 bridgehead atoms. The number of para-hydroxylation sites is 1. The molecule has 1 aromatic heterocycles. The van der Waals surface area contributed by atoms with Crippen molar-refractivity contribution < 1.29 is 13.9 Å². The molecule has 5 rings (SSSR count). The maximum atomic E-state index is 13.2. The van der Waals surface area contributed by atoms with Crippen molar-refractivity contribution in [3.05, 3.63) is 71.7 Å². The molecule has 26 heavy (non-hydrogen) atoms. The summed E-state index contributed by atoms with van der Waals surface area (Å²) in [7, 11) is 0. The monoisotopic (exact) mass is 351 g/mol. The third-order valence-electron chi connectivity index (χ3n) is 6.21. The van der Waals surface area contributed by atoms with Crippen molar-refractivity contribution in [1.29, 1.82) is 0 Å². The number of furan rings is 1. The number of piperidine rings is 1. The zero-order valence-electron chi connectivity index (χ0n) is 14.6. The summed E-state index contributed by atoms with van der Waals surface area (Å²) in [5, 5.41) is 12.4. The fourth-order valence-electron chi connectivity index (χ4n) is 4.92. The summed E-state index contributed by atoms with van der Waals surface area (Å²) in [5.41, 5.74) is 2.12. The summed E-state index contributed by atoms with van der Waals surface area (Å²) in [6, 6.07) is 15.2. The van der Waals surface area contributed by atoms with Gasteiger partial charge in [-0.05, 0) is 49.4 Å². The van der Waals surface area contributed by atoms with Crippen molar-refractivity contribution in [3.8, 4) is 0 Å². The van der Waals surface area contributed by atoms with E-state index >= 15 is 0 Å². The highest BCUT2D eigenvalue weighted by atomic mass is 19.1. The number of halogens is 1. The summed E-state index contributed by atoms with van der Waals surface area (Å²) in [6.45, 7) is 0.853. The fraction of sp³-hybridized carbons (Fsp3) is 0.364. The number of aliphatic hydroxyl groups is 1. The number of nitrogens with zero attached hydrogens (tertiary/aromatic N) is 1. The number of rotatable bonds is 3. The second-order valence-corrected chi connectivity index (χ2v) is 7.76. The maximum Gasteiger partial charge on any atom is 0.134 e. The Balaban J connectivity index is 1.40. The minimum atomic E-state index is -0.853. The van der Waals surface area contributed by atoms with Crippen LogP contribution in [0.5, 0.6) is 0 Å². The second kappa shape index (κ2) is 5.93. The van der Waals surface area contributed by atoms with E-state index < -0.39 is 5.60 Å². The number of hydrogen-bond acceptors (Lipinski definition) is 3. The van der Waals surface area contributed by atoms with Crippen molar-refractivity contribution >= 4 is 11.0 Å². The summed E-state index contributed by atoms with van der Waals surface area (Å²) in [5.74, 6) is -0.260. The van der Waals surface area contributed by atoms with Crippen LogP contribution in [-0.2, 0) is 12.1 Å². The van der Waals surface area contributed by atoms with Crippen LogP contribution < -0.4 is 0 Å². The number of benzene rings is 2. The molecule has 1 unspecified atom stereocenters. The predicted octanol–water partition coefficient (Wildman–Crippen LogP) is 4.59. The molecular formula is C22H22FNO2. The van der Waals surface area contributed by atoms with Crippen LogP contribution >= 0.6 is 0 Å². The Morgan fingerprint density at radius 1 is 1.04 bits per heavy atom. The molecule has 2 fully saturated rings. The molecule has 3 nitrogen and oxygen atoms in total. The van der Waals surface area contributed by atoms with Gasteiger partial charge in [0.1, 0.15) is 11.4 Å². The van der Waals surface area contributed by atoms with E-state index in [1.54, 1.807) is 12.1 Å². The van der Waals surface area contributed by atoms with E-state index in [1.807, 2.05) is 24.5 Å². The first kappa shape index (κ1) is 16.0. The largest absolute Gasteiger partial charge is 0.464 e. The van der Waals surface area contributed by atoms with Crippen molar-refractivity contribution in [2.24, 2.45) is 0 Å². The van der Waals surface area contributed by atoms with Crippen molar-refractivity contribution in [3.63, 3.8) is 0 Å². The second-order valence-electron chi connectivity index (χ2n) is 7.76. The van der Waals surface area contributed by atoms with Gasteiger partial charge in [0.25, 0.3) is 0 Å². The van der Waals surface area contributed by atoms with Gasteiger partial charge in [0.2, 0.25) is 0 Å². The third-order valence-corrected chi connectivity index (χ3v) is 6.21. The van der Waals surface area contributed by atoms with Crippen LogP contribution in [0.1, 0.15) is 36.8 Å². The third kappa shape index (κ3) is 2.56. The average Bonchev–Trinajstić information content (AvgIpc) is 3.16. The highest BCUT2D eigenvalue weighted by Gasteiger charge is 2.48. The van der Waals surface area contributed by atoms with E-state index in [0.29, 0.717) is 24.9 Å². The van der Waals surface area contributed by atoms with E-state index in [4.69, 9.17) is 4.42 Å². The summed E-state index contributed by atoms with van der Waals surface area (Å²) < 4.78 is 18.9. The van der Waals surface area contributed by atoms with Crippen LogP contribution in [0.4, 0.5) is 4.39 Å². The lowest BCUT2D eigenvalue weighted by Gasteiger charge is -2.44. The van der Waals surface area contributed by atoms with Gasteiger partial charge in [0, 0.05) is 29.6 Å². The predicted molar refractivity (Wildman–Crippen MR) is 98.1 cm³/mol. The number of fused-ring (bicyclic) bond motifs is 3. The lowest BCUT2D eigenvalue weighted by Crippen LogP contribution is -2.49. The van der Waals surface area contributed by atoms with E-state index in [-0.39, 0.29) is 5.82 Å². The molecule has 2 aliphatic rings. The van der Waals surface area contributed by atoms with Crippen LogP contribution in [0.15, 0.2) is 59.2 Å². The molecule has 0 saturated carbocycles. The summed E-state index contributed by atoms with van der Waals surface area (Å²) in [6.07, 6.45) is 5.47.